The molecule has 0 heterocycles. The van der Waals surface area contributed by atoms with Crippen LogP contribution in [0.15, 0.2) is 42.5 Å². The Morgan fingerprint density at radius 3 is 2.52 bits per heavy atom. The number of carbonyl (C=O) groups is 2. The number of hydrogen-bond donors (Lipinski definition) is 3. The summed E-state index contributed by atoms with van der Waals surface area (Å²) in [6.45, 7) is 4.18. The van der Waals surface area contributed by atoms with Crippen LogP contribution in [0.1, 0.15) is 12.5 Å². The van der Waals surface area contributed by atoms with Crippen LogP contribution in [-0.2, 0) is 16.0 Å². The van der Waals surface area contributed by atoms with E-state index in [9.17, 15) is 9.59 Å². The van der Waals surface area contributed by atoms with Gasteiger partial charge >= 0.3 is 0 Å². The summed E-state index contributed by atoms with van der Waals surface area (Å²) in [5, 5.41) is 10.7. The van der Waals surface area contributed by atoms with Gasteiger partial charge in [0.25, 0.3) is 0 Å². The molecule has 2 amide bonds. The van der Waals surface area contributed by atoms with Gasteiger partial charge in [0.15, 0.2) is 0 Å². The molecule has 3 N–H and O–H groups in total. The Hall–Kier alpha value is -2.40. The van der Waals surface area contributed by atoms with E-state index >= 15 is 0 Å². The van der Waals surface area contributed by atoms with Gasteiger partial charge in [0.2, 0.25) is 11.8 Å². The first-order valence-electron chi connectivity index (χ1n) is 7.91. The van der Waals surface area contributed by atoms with E-state index in [4.69, 9.17) is 0 Å². The molecule has 0 spiro atoms. The molecule has 23 heavy (non-hydrogen) atoms. The summed E-state index contributed by atoms with van der Waals surface area (Å²) in [4.78, 5) is 23.7. The minimum atomic E-state index is -0.172. The third-order valence-electron chi connectivity index (χ3n) is 3.55. The smallest absolute Gasteiger partial charge is 0.239 e. The van der Waals surface area contributed by atoms with Crippen molar-refractivity contribution in [2.24, 2.45) is 0 Å². The van der Waals surface area contributed by atoms with Gasteiger partial charge in [-0.3, -0.25) is 9.59 Å². The highest BCUT2D eigenvalue weighted by Gasteiger charge is 2.08. The van der Waals surface area contributed by atoms with Crippen LogP contribution in [0, 0.1) is 0 Å². The lowest BCUT2D eigenvalue weighted by molar-refractivity contribution is -0.125. The Morgan fingerprint density at radius 2 is 1.70 bits per heavy atom. The van der Waals surface area contributed by atoms with Crippen LogP contribution in [0.3, 0.4) is 0 Å². The second-order valence-corrected chi connectivity index (χ2v) is 5.30. The van der Waals surface area contributed by atoms with E-state index in [1.54, 1.807) is 0 Å². The van der Waals surface area contributed by atoms with Crippen molar-refractivity contribution in [3.8, 4) is 0 Å². The first-order chi connectivity index (χ1) is 11.2. The van der Waals surface area contributed by atoms with Gasteiger partial charge in [0, 0.05) is 13.1 Å². The SMILES string of the molecule is CCNCCNC(=O)CNC(=O)Cc1cccc2ccccc12. The highest BCUT2D eigenvalue weighted by Crippen LogP contribution is 2.18. The average molecular weight is 313 g/mol. The zero-order valence-electron chi connectivity index (χ0n) is 13.4. The van der Waals surface area contributed by atoms with Crippen molar-refractivity contribution >= 4 is 22.6 Å². The van der Waals surface area contributed by atoms with E-state index in [-0.39, 0.29) is 24.8 Å². The Morgan fingerprint density at radius 1 is 0.913 bits per heavy atom. The molecule has 0 aliphatic carbocycles. The highest BCUT2D eigenvalue weighted by molar-refractivity contribution is 5.91. The van der Waals surface area contributed by atoms with Crippen LogP contribution in [0.4, 0.5) is 0 Å². The standard InChI is InChI=1S/C18H23N3O2/c1-2-19-10-11-20-18(23)13-21-17(22)12-15-8-5-7-14-6-3-4-9-16(14)15/h3-9,19H,2,10-13H2,1H3,(H,20,23)(H,21,22). The van der Waals surface area contributed by atoms with Crippen LogP contribution in [0.2, 0.25) is 0 Å². The van der Waals surface area contributed by atoms with Crippen LogP contribution < -0.4 is 16.0 Å². The molecular formula is C18H23N3O2. The van der Waals surface area contributed by atoms with Gasteiger partial charge in [-0.25, -0.2) is 0 Å². The molecule has 0 radical (unpaired) electrons. The van der Waals surface area contributed by atoms with Crippen molar-refractivity contribution < 1.29 is 9.59 Å². The van der Waals surface area contributed by atoms with E-state index in [0.717, 1.165) is 29.4 Å². The van der Waals surface area contributed by atoms with Crippen LogP contribution >= 0.6 is 0 Å². The van der Waals surface area contributed by atoms with Crippen LogP contribution in [0.5, 0.6) is 0 Å². The van der Waals surface area contributed by atoms with E-state index < -0.39 is 0 Å². The molecule has 2 aromatic rings. The monoisotopic (exact) mass is 313 g/mol. The second kappa shape index (κ2) is 8.90. The van der Waals surface area contributed by atoms with Crippen molar-refractivity contribution in [3.63, 3.8) is 0 Å². The molecule has 0 atom stereocenters. The molecule has 0 saturated carbocycles. The molecule has 2 aromatic carbocycles. The van der Waals surface area contributed by atoms with E-state index in [0.29, 0.717) is 6.54 Å². The van der Waals surface area contributed by atoms with Gasteiger partial charge < -0.3 is 16.0 Å². The minimum absolute atomic E-state index is 0.00965. The van der Waals surface area contributed by atoms with Gasteiger partial charge in [-0.15, -0.1) is 0 Å². The molecule has 122 valence electrons. The molecule has 0 bridgehead atoms. The van der Waals surface area contributed by atoms with Crippen molar-refractivity contribution in [2.75, 3.05) is 26.2 Å². The third kappa shape index (κ3) is 5.38. The lowest BCUT2D eigenvalue weighted by Gasteiger charge is -2.09. The Labute approximate surface area is 136 Å². The van der Waals surface area contributed by atoms with Crippen molar-refractivity contribution in [1.29, 1.82) is 0 Å². The fourth-order valence-electron chi connectivity index (χ4n) is 2.39. The summed E-state index contributed by atoms with van der Waals surface area (Å²) in [6.07, 6.45) is 0.270. The molecule has 2 rings (SSSR count). The first-order valence-corrected chi connectivity index (χ1v) is 7.91. The minimum Gasteiger partial charge on any atom is -0.353 e. The zero-order valence-corrected chi connectivity index (χ0v) is 13.4. The van der Waals surface area contributed by atoms with Crippen molar-refractivity contribution in [3.05, 3.63) is 48.0 Å². The number of nitrogens with one attached hydrogen (secondary N) is 3. The highest BCUT2D eigenvalue weighted by atomic mass is 16.2. The number of fused-ring (bicyclic) bond motifs is 1. The summed E-state index contributed by atoms with van der Waals surface area (Å²) in [5.74, 6) is -0.322. The number of carbonyl (C=O) groups excluding carboxylic acids is 2. The lowest BCUT2D eigenvalue weighted by Crippen LogP contribution is -2.40. The fraction of sp³-hybridized carbons (Fsp3) is 0.333. The van der Waals surface area contributed by atoms with Crippen molar-refractivity contribution in [1.82, 2.24) is 16.0 Å². The summed E-state index contributed by atoms with van der Waals surface area (Å²) in [5.41, 5.74) is 0.966. The van der Waals surface area contributed by atoms with E-state index in [1.165, 1.54) is 0 Å². The maximum absolute atomic E-state index is 12.0. The third-order valence-corrected chi connectivity index (χ3v) is 3.55. The number of rotatable bonds is 8. The molecule has 0 saturated heterocycles. The van der Waals surface area contributed by atoms with Crippen molar-refractivity contribution in [2.45, 2.75) is 13.3 Å². The topological polar surface area (TPSA) is 70.2 Å². The van der Waals surface area contributed by atoms with E-state index in [1.807, 2.05) is 49.4 Å². The Kier molecular flexibility index (Phi) is 6.56. The maximum Gasteiger partial charge on any atom is 0.239 e. The molecule has 0 aliphatic rings. The molecule has 0 aromatic heterocycles. The Bertz CT molecular complexity index is 665. The van der Waals surface area contributed by atoms with Gasteiger partial charge in [0.1, 0.15) is 0 Å². The largest absolute Gasteiger partial charge is 0.353 e. The predicted octanol–water partition coefficient (Wildman–Crippen LogP) is 1.22. The number of hydrogen-bond acceptors (Lipinski definition) is 3. The maximum atomic E-state index is 12.0. The zero-order chi connectivity index (χ0) is 16.5. The average Bonchev–Trinajstić information content (AvgIpc) is 2.57. The van der Waals surface area contributed by atoms with Crippen LogP contribution in [-0.4, -0.2) is 38.0 Å². The molecule has 5 heteroatoms. The predicted molar refractivity (Wildman–Crippen MR) is 92.2 cm³/mol. The molecule has 0 fully saturated rings. The molecule has 5 nitrogen and oxygen atoms in total. The number of amides is 2. The van der Waals surface area contributed by atoms with Gasteiger partial charge in [-0.2, -0.15) is 0 Å². The van der Waals surface area contributed by atoms with Crippen LogP contribution in [0.25, 0.3) is 10.8 Å². The normalized spacial score (nSPS) is 10.5. The quantitative estimate of drug-likeness (QED) is 0.642. The molecular weight excluding hydrogens is 290 g/mol. The summed E-state index contributed by atoms with van der Waals surface area (Å²) < 4.78 is 0. The summed E-state index contributed by atoms with van der Waals surface area (Å²) >= 11 is 0. The fourth-order valence-corrected chi connectivity index (χ4v) is 2.39. The first kappa shape index (κ1) is 17.0. The number of benzene rings is 2. The Balaban J connectivity index is 1.81. The number of likely N-dealkylation sites (N-methyl/N-ethyl adjacent to an activating group) is 1. The van der Waals surface area contributed by atoms with Gasteiger partial charge in [0.05, 0.1) is 13.0 Å². The second-order valence-electron chi connectivity index (χ2n) is 5.30. The van der Waals surface area contributed by atoms with Gasteiger partial charge in [-0.1, -0.05) is 49.4 Å². The van der Waals surface area contributed by atoms with Gasteiger partial charge in [-0.05, 0) is 22.9 Å². The molecule has 0 unspecified atom stereocenters. The lowest BCUT2D eigenvalue weighted by atomic mass is 10.0. The summed E-state index contributed by atoms with van der Waals surface area (Å²) in [7, 11) is 0. The molecule has 0 aliphatic heterocycles. The van der Waals surface area contributed by atoms with E-state index in [2.05, 4.69) is 16.0 Å². The summed E-state index contributed by atoms with van der Waals surface area (Å²) in [6, 6.07) is 13.9.